The fourth-order valence-electron chi connectivity index (χ4n) is 2.28. The monoisotopic (exact) mass is 304 g/mol. The zero-order valence-corrected chi connectivity index (χ0v) is 11.5. The quantitative estimate of drug-likeness (QED) is 0.885. The van der Waals surface area contributed by atoms with Crippen LogP contribution in [0, 0.1) is 19.8 Å². The number of hydrogen-bond donors (Lipinski definition) is 2. The highest BCUT2D eigenvalue weighted by Crippen LogP contribution is 2.25. The first kappa shape index (κ1) is 15.3. The number of nitrogens with one attached hydrogen (secondary N) is 2. The normalized spacial score (nSPS) is 19.2. The van der Waals surface area contributed by atoms with E-state index in [1.54, 1.807) is 13.8 Å². The maximum Gasteiger partial charge on any atom is 0.406 e. The second-order valence-electron chi connectivity index (χ2n) is 5.09. The van der Waals surface area contributed by atoms with Crippen LogP contribution in [0.5, 0.6) is 0 Å². The molecule has 1 fully saturated rings. The third-order valence-electron chi connectivity index (χ3n) is 3.33. The topological polar surface area (TPSA) is 78.1 Å². The highest BCUT2D eigenvalue weighted by molar-refractivity contribution is 5.97. The molecule has 1 aliphatic rings. The molecule has 1 aliphatic heterocycles. The zero-order valence-electron chi connectivity index (χ0n) is 11.5. The summed E-state index contributed by atoms with van der Waals surface area (Å²) < 4.78 is 36.9. The summed E-state index contributed by atoms with van der Waals surface area (Å²) >= 11 is 0. The lowest BCUT2D eigenvalue weighted by molar-refractivity contribution is -0.157. The Morgan fingerprint density at radius 1 is 1.48 bits per heavy atom. The van der Waals surface area contributed by atoms with Gasteiger partial charge in [-0.15, -0.1) is 0 Å². The van der Waals surface area contributed by atoms with Crippen LogP contribution in [0.2, 0.25) is 0 Å². The Hall–Kier alpha value is -2.06. The van der Waals surface area contributed by atoms with Crippen LogP contribution in [0.3, 0.4) is 0 Å². The Morgan fingerprint density at radius 3 is 2.67 bits per heavy atom. The number of alkyl halides is 3. The van der Waals surface area contributed by atoms with Gasteiger partial charge in [0.25, 0.3) is 0 Å². The fourth-order valence-corrected chi connectivity index (χ4v) is 2.28. The van der Waals surface area contributed by atoms with E-state index in [4.69, 9.17) is 0 Å². The lowest BCUT2D eigenvalue weighted by Gasteiger charge is -2.18. The predicted octanol–water partition coefficient (Wildman–Crippen LogP) is 1.38. The molecular weight excluding hydrogens is 289 g/mol. The van der Waals surface area contributed by atoms with Crippen LogP contribution in [-0.2, 0) is 9.59 Å². The minimum absolute atomic E-state index is 0.210. The molecule has 6 nitrogen and oxygen atoms in total. The van der Waals surface area contributed by atoms with Crippen LogP contribution >= 0.6 is 0 Å². The van der Waals surface area contributed by atoms with Crippen molar-refractivity contribution in [2.45, 2.75) is 26.4 Å². The number of aryl methyl sites for hydroxylation is 2. The summed E-state index contributed by atoms with van der Waals surface area (Å²) in [6.07, 6.45) is -4.67. The smallest absolute Gasteiger partial charge is 0.333 e. The number of amides is 2. The molecule has 0 aromatic carbocycles. The van der Waals surface area contributed by atoms with Gasteiger partial charge in [-0.05, 0) is 13.8 Å². The molecule has 0 bridgehead atoms. The molecular formula is C12H15F3N4O2. The van der Waals surface area contributed by atoms with Gasteiger partial charge in [0.1, 0.15) is 6.54 Å². The Morgan fingerprint density at radius 2 is 2.14 bits per heavy atom. The van der Waals surface area contributed by atoms with E-state index >= 15 is 0 Å². The van der Waals surface area contributed by atoms with Crippen molar-refractivity contribution in [1.29, 1.82) is 0 Å². The first-order valence-corrected chi connectivity index (χ1v) is 6.34. The molecule has 1 aromatic rings. The molecule has 2 amide bonds. The van der Waals surface area contributed by atoms with E-state index in [0.717, 1.165) is 0 Å². The first-order chi connectivity index (χ1) is 9.67. The van der Waals surface area contributed by atoms with Crippen LogP contribution in [0.4, 0.5) is 18.9 Å². The van der Waals surface area contributed by atoms with Gasteiger partial charge in [0.2, 0.25) is 11.8 Å². The SMILES string of the molecule is Cc1n[nH]c(C)c1NC(=O)C1CC(=O)N(CC(F)(F)F)C1. The van der Waals surface area contributed by atoms with Crippen molar-refractivity contribution in [3.63, 3.8) is 0 Å². The van der Waals surface area contributed by atoms with E-state index in [1.807, 2.05) is 0 Å². The number of carbonyl (C=O) groups is 2. The summed E-state index contributed by atoms with van der Waals surface area (Å²) in [6.45, 7) is 1.86. The van der Waals surface area contributed by atoms with Crippen LogP contribution in [0.15, 0.2) is 0 Å². The van der Waals surface area contributed by atoms with Crippen molar-refractivity contribution >= 4 is 17.5 Å². The van der Waals surface area contributed by atoms with E-state index in [1.165, 1.54) is 0 Å². The summed E-state index contributed by atoms with van der Waals surface area (Å²) in [4.78, 5) is 24.3. The number of nitrogens with zero attached hydrogens (tertiary/aromatic N) is 2. The fraction of sp³-hybridized carbons (Fsp3) is 0.583. The summed E-state index contributed by atoms with van der Waals surface area (Å²) in [6, 6.07) is 0. The van der Waals surface area contributed by atoms with Gasteiger partial charge in [-0.3, -0.25) is 14.7 Å². The molecule has 21 heavy (non-hydrogen) atoms. The van der Waals surface area contributed by atoms with E-state index < -0.39 is 30.5 Å². The maximum atomic E-state index is 12.3. The molecule has 0 saturated carbocycles. The van der Waals surface area contributed by atoms with E-state index in [9.17, 15) is 22.8 Å². The number of halogens is 3. The second kappa shape index (κ2) is 5.38. The van der Waals surface area contributed by atoms with Gasteiger partial charge in [-0.1, -0.05) is 0 Å². The molecule has 2 rings (SSSR count). The van der Waals surface area contributed by atoms with Crippen molar-refractivity contribution in [3.05, 3.63) is 11.4 Å². The van der Waals surface area contributed by atoms with Crippen molar-refractivity contribution in [2.75, 3.05) is 18.4 Å². The highest BCUT2D eigenvalue weighted by atomic mass is 19.4. The number of aromatic amines is 1. The average molecular weight is 304 g/mol. The van der Waals surface area contributed by atoms with Crippen LogP contribution in [0.1, 0.15) is 17.8 Å². The van der Waals surface area contributed by atoms with Gasteiger partial charge in [0.15, 0.2) is 0 Å². The number of H-pyrrole nitrogens is 1. The molecule has 9 heteroatoms. The number of aromatic nitrogens is 2. The Balaban J connectivity index is 2.00. The third kappa shape index (κ3) is 3.53. The molecule has 0 aliphatic carbocycles. The van der Waals surface area contributed by atoms with E-state index in [0.29, 0.717) is 22.0 Å². The minimum Gasteiger partial charge on any atom is -0.333 e. The molecule has 1 atom stereocenters. The van der Waals surface area contributed by atoms with Crippen molar-refractivity contribution in [3.8, 4) is 0 Å². The summed E-state index contributed by atoms with van der Waals surface area (Å²) in [5.41, 5.74) is 1.73. The van der Waals surface area contributed by atoms with Crippen LogP contribution in [-0.4, -0.2) is 46.2 Å². The molecule has 2 N–H and O–H groups in total. The van der Waals surface area contributed by atoms with Crippen molar-refractivity contribution in [1.82, 2.24) is 15.1 Å². The Kier molecular flexibility index (Phi) is 3.93. The molecule has 116 valence electrons. The Bertz CT molecular complexity index is 548. The first-order valence-electron chi connectivity index (χ1n) is 6.34. The van der Waals surface area contributed by atoms with Gasteiger partial charge in [-0.2, -0.15) is 18.3 Å². The van der Waals surface area contributed by atoms with Gasteiger partial charge in [-0.25, -0.2) is 0 Å². The zero-order chi connectivity index (χ0) is 15.8. The van der Waals surface area contributed by atoms with E-state index in [-0.39, 0.29) is 13.0 Å². The minimum atomic E-state index is -4.46. The standard InChI is InChI=1S/C12H15F3N4O2/c1-6-10(7(2)18-17-6)16-11(21)8-3-9(20)19(4-8)5-12(13,14)15/h8H,3-5H2,1-2H3,(H,16,21)(H,17,18). The Labute approximate surface area is 118 Å². The van der Waals surface area contributed by atoms with Gasteiger partial charge < -0.3 is 10.2 Å². The number of anilines is 1. The molecule has 2 heterocycles. The number of likely N-dealkylation sites (tertiary alicyclic amines) is 1. The van der Waals surface area contributed by atoms with Crippen LogP contribution in [0.25, 0.3) is 0 Å². The molecule has 1 aromatic heterocycles. The lowest BCUT2D eigenvalue weighted by atomic mass is 10.1. The maximum absolute atomic E-state index is 12.3. The van der Waals surface area contributed by atoms with Gasteiger partial charge >= 0.3 is 6.18 Å². The predicted molar refractivity (Wildman–Crippen MR) is 67.4 cm³/mol. The highest BCUT2D eigenvalue weighted by Gasteiger charge is 2.40. The largest absolute Gasteiger partial charge is 0.406 e. The number of hydrogen-bond acceptors (Lipinski definition) is 3. The van der Waals surface area contributed by atoms with Crippen molar-refractivity contribution < 1.29 is 22.8 Å². The molecule has 1 unspecified atom stereocenters. The number of rotatable bonds is 3. The summed E-state index contributed by atoms with van der Waals surface area (Å²) in [5.74, 6) is -1.91. The number of carbonyl (C=O) groups excluding carboxylic acids is 2. The summed E-state index contributed by atoms with van der Waals surface area (Å²) in [5, 5.41) is 9.21. The molecule has 0 radical (unpaired) electrons. The van der Waals surface area contributed by atoms with E-state index in [2.05, 4.69) is 15.5 Å². The van der Waals surface area contributed by atoms with Gasteiger partial charge in [0.05, 0.1) is 23.0 Å². The second-order valence-corrected chi connectivity index (χ2v) is 5.09. The average Bonchev–Trinajstić information content (AvgIpc) is 2.85. The van der Waals surface area contributed by atoms with Gasteiger partial charge in [0, 0.05) is 13.0 Å². The summed E-state index contributed by atoms with van der Waals surface area (Å²) in [7, 11) is 0. The molecule has 0 spiro atoms. The lowest BCUT2D eigenvalue weighted by Crippen LogP contribution is -2.36. The third-order valence-corrected chi connectivity index (χ3v) is 3.33. The van der Waals surface area contributed by atoms with Crippen molar-refractivity contribution in [2.24, 2.45) is 5.92 Å². The molecule has 1 saturated heterocycles. The van der Waals surface area contributed by atoms with Crippen LogP contribution < -0.4 is 5.32 Å².